The Kier molecular flexibility index (Phi) is 4.17. The molecule has 0 saturated heterocycles. The van der Waals surface area contributed by atoms with Gasteiger partial charge in [0.05, 0.1) is 24.2 Å². The second kappa shape index (κ2) is 6.26. The van der Waals surface area contributed by atoms with Gasteiger partial charge in [0.2, 0.25) is 0 Å². The van der Waals surface area contributed by atoms with E-state index in [9.17, 15) is 0 Å². The molecule has 1 heterocycles. The zero-order valence-corrected chi connectivity index (χ0v) is 13.7. The summed E-state index contributed by atoms with van der Waals surface area (Å²) < 4.78 is 7.19. The van der Waals surface area contributed by atoms with Crippen LogP contribution in [0, 0.1) is 13.8 Å². The fourth-order valence-corrected chi connectivity index (χ4v) is 2.55. The van der Waals surface area contributed by atoms with Crippen LogP contribution < -0.4 is 10.5 Å². The molecule has 0 radical (unpaired) electrons. The topological polar surface area (TPSA) is 53.1 Å². The van der Waals surface area contributed by atoms with Gasteiger partial charge in [0, 0.05) is 12.1 Å². The predicted octanol–water partition coefficient (Wildman–Crippen LogP) is 3.62. The summed E-state index contributed by atoms with van der Waals surface area (Å²) in [6.07, 6.45) is 0. The predicted molar refractivity (Wildman–Crippen MR) is 92.9 cm³/mol. The Morgan fingerprint density at radius 2 is 1.74 bits per heavy atom. The van der Waals surface area contributed by atoms with E-state index in [2.05, 4.69) is 37.1 Å². The van der Waals surface area contributed by atoms with E-state index >= 15 is 0 Å². The summed E-state index contributed by atoms with van der Waals surface area (Å²) in [5.74, 6) is 0.838. The minimum absolute atomic E-state index is 0.418. The van der Waals surface area contributed by atoms with Crippen molar-refractivity contribution in [3.63, 3.8) is 0 Å². The molecule has 0 bridgehead atoms. The van der Waals surface area contributed by atoms with Gasteiger partial charge in [0.1, 0.15) is 5.75 Å². The molecule has 3 rings (SSSR count). The summed E-state index contributed by atoms with van der Waals surface area (Å²) in [7, 11) is 1.67. The van der Waals surface area contributed by atoms with Gasteiger partial charge in [0.15, 0.2) is 0 Å². The van der Waals surface area contributed by atoms with Crippen LogP contribution in [0.2, 0.25) is 0 Å². The second-order valence-electron chi connectivity index (χ2n) is 5.63. The molecular weight excluding hydrogens is 286 g/mol. The van der Waals surface area contributed by atoms with Crippen LogP contribution in [0.4, 0.5) is 0 Å². The molecule has 118 valence electrons. The summed E-state index contributed by atoms with van der Waals surface area (Å²) in [5.41, 5.74) is 12.3. The lowest BCUT2D eigenvalue weighted by Gasteiger charge is -2.10. The zero-order valence-electron chi connectivity index (χ0n) is 13.7. The van der Waals surface area contributed by atoms with Crippen molar-refractivity contribution in [2.24, 2.45) is 5.73 Å². The molecule has 1 aromatic heterocycles. The lowest BCUT2D eigenvalue weighted by Crippen LogP contribution is -2.02. The Hall–Kier alpha value is -2.59. The highest BCUT2D eigenvalue weighted by Crippen LogP contribution is 2.26. The van der Waals surface area contributed by atoms with E-state index < -0.39 is 0 Å². The third-order valence-electron chi connectivity index (χ3n) is 4.09. The Balaban J connectivity index is 2.12. The Morgan fingerprint density at radius 3 is 2.35 bits per heavy atom. The molecule has 0 amide bonds. The molecule has 0 aliphatic carbocycles. The van der Waals surface area contributed by atoms with Crippen LogP contribution in [0.15, 0.2) is 48.5 Å². The highest BCUT2D eigenvalue weighted by atomic mass is 16.5. The Labute approximate surface area is 136 Å². The van der Waals surface area contributed by atoms with Gasteiger partial charge in [-0.3, -0.25) is 0 Å². The number of nitrogens with two attached hydrogens (primary N) is 1. The van der Waals surface area contributed by atoms with E-state index in [0.717, 1.165) is 28.4 Å². The molecule has 0 aliphatic rings. The number of ether oxygens (including phenoxy) is 1. The summed E-state index contributed by atoms with van der Waals surface area (Å²) >= 11 is 0. The fraction of sp³-hybridized carbons (Fsp3) is 0.211. The lowest BCUT2D eigenvalue weighted by molar-refractivity contribution is 0.415. The third-order valence-corrected chi connectivity index (χ3v) is 4.09. The normalized spacial score (nSPS) is 10.8. The van der Waals surface area contributed by atoms with E-state index in [1.165, 1.54) is 11.1 Å². The average molecular weight is 307 g/mol. The molecule has 4 heteroatoms. The van der Waals surface area contributed by atoms with E-state index in [1.807, 2.05) is 35.0 Å². The number of aryl methyl sites for hydroxylation is 2. The first kappa shape index (κ1) is 15.3. The van der Waals surface area contributed by atoms with E-state index in [1.54, 1.807) is 7.11 Å². The molecule has 4 nitrogen and oxygen atoms in total. The number of hydrogen-bond donors (Lipinski definition) is 1. The van der Waals surface area contributed by atoms with Crippen LogP contribution in [0.3, 0.4) is 0 Å². The summed E-state index contributed by atoms with van der Waals surface area (Å²) in [6.45, 7) is 4.64. The van der Waals surface area contributed by atoms with Gasteiger partial charge in [-0.25, -0.2) is 4.68 Å². The maximum absolute atomic E-state index is 5.79. The highest BCUT2D eigenvalue weighted by Gasteiger charge is 2.12. The van der Waals surface area contributed by atoms with Crippen molar-refractivity contribution in [1.29, 1.82) is 0 Å². The van der Waals surface area contributed by atoms with Crippen molar-refractivity contribution in [3.05, 3.63) is 65.4 Å². The quantitative estimate of drug-likeness (QED) is 0.801. The van der Waals surface area contributed by atoms with Crippen LogP contribution in [-0.4, -0.2) is 16.9 Å². The van der Waals surface area contributed by atoms with E-state index in [0.29, 0.717) is 6.54 Å². The second-order valence-corrected chi connectivity index (χ2v) is 5.63. The van der Waals surface area contributed by atoms with Crippen molar-refractivity contribution >= 4 is 0 Å². The van der Waals surface area contributed by atoms with E-state index in [-0.39, 0.29) is 0 Å². The van der Waals surface area contributed by atoms with Crippen molar-refractivity contribution in [2.75, 3.05) is 7.11 Å². The molecule has 2 aromatic carbocycles. The molecular formula is C19H21N3O. The molecule has 0 atom stereocenters. The van der Waals surface area contributed by atoms with E-state index in [4.69, 9.17) is 10.5 Å². The summed E-state index contributed by atoms with van der Waals surface area (Å²) in [5, 5.41) is 4.65. The maximum atomic E-state index is 5.79. The fourth-order valence-electron chi connectivity index (χ4n) is 2.55. The molecule has 0 spiro atoms. The van der Waals surface area contributed by atoms with Crippen molar-refractivity contribution in [2.45, 2.75) is 20.4 Å². The van der Waals surface area contributed by atoms with Crippen molar-refractivity contribution in [1.82, 2.24) is 9.78 Å². The molecule has 23 heavy (non-hydrogen) atoms. The zero-order chi connectivity index (χ0) is 16.4. The summed E-state index contributed by atoms with van der Waals surface area (Å²) in [4.78, 5) is 0. The van der Waals surface area contributed by atoms with Gasteiger partial charge in [-0.15, -0.1) is 0 Å². The molecule has 3 aromatic rings. The summed E-state index contributed by atoms with van der Waals surface area (Å²) in [6, 6.07) is 16.4. The minimum Gasteiger partial charge on any atom is -0.497 e. The molecule has 0 aliphatic heterocycles. The van der Waals surface area contributed by atoms with Crippen LogP contribution in [0.5, 0.6) is 5.75 Å². The first-order chi connectivity index (χ1) is 11.1. The van der Waals surface area contributed by atoms with Gasteiger partial charge in [0.25, 0.3) is 0 Å². The first-order valence-corrected chi connectivity index (χ1v) is 7.63. The van der Waals surface area contributed by atoms with Gasteiger partial charge < -0.3 is 10.5 Å². The molecule has 0 saturated carbocycles. The van der Waals surface area contributed by atoms with Crippen molar-refractivity contribution in [3.8, 4) is 22.7 Å². The molecule has 2 N–H and O–H groups in total. The number of nitrogens with zero attached hydrogens (tertiary/aromatic N) is 2. The monoisotopic (exact) mass is 307 g/mol. The Morgan fingerprint density at radius 1 is 1.00 bits per heavy atom. The minimum atomic E-state index is 0.418. The van der Waals surface area contributed by atoms with Gasteiger partial charge >= 0.3 is 0 Å². The van der Waals surface area contributed by atoms with Gasteiger partial charge in [-0.2, -0.15) is 5.10 Å². The smallest absolute Gasteiger partial charge is 0.118 e. The number of hydrogen-bond acceptors (Lipinski definition) is 3. The standard InChI is InChI=1S/C19H21N3O/c1-13-4-7-17(10-14(13)2)22-19(11-16(12-20)21-22)15-5-8-18(23-3)9-6-15/h4-11H,12,20H2,1-3H3. The SMILES string of the molecule is COc1ccc(-c2cc(CN)nn2-c2ccc(C)c(C)c2)cc1. The average Bonchev–Trinajstić information content (AvgIpc) is 3.02. The van der Waals surface area contributed by atoms with Crippen molar-refractivity contribution < 1.29 is 4.74 Å². The van der Waals surface area contributed by atoms with Gasteiger partial charge in [-0.1, -0.05) is 6.07 Å². The van der Waals surface area contributed by atoms with Crippen LogP contribution in [0.1, 0.15) is 16.8 Å². The van der Waals surface area contributed by atoms with Crippen LogP contribution in [-0.2, 0) is 6.54 Å². The molecule has 0 unspecified atom stereocenters. The number of methoxy groups -OCH3 is 1. The number of benzene rings is 2. The lowest BCUT2D eigenvalue weighted by atomic mass is 10.1. The molecule has 0 fully saturated rings. The number of rotatable bonds is 4. The first-order valence-electron chi connectivity index (χ1n) is 7.63. The van der Waals surface area contributed by atoms with Gasteiger partial charge in [-0.05, 0) is 67.4 Å². The van der Waals surface area contributed by atoms with Crippen LogP contribution in [0.25, 0.3) is 16.9 Å². The third kappa shape index (κ3) is 2.98. The van der Waals surface area contributed by atoms with Crippen LogP contribution >= 0.6 is 0 Å². The Bertz CT molecular complexity index is 819. The maximum Gasteiger partial charge on any atom is 0.118 e. The number of aromatic nitrogens is 2. The largest absolute Gasteiger partial charge is 0.497 e. The highest BCUT2D eigenvalue weighted by molar-refractivity contribution is 5.64.